The molecule has 5 heteroatoms. The van der Waals surface area contributed by atoms with Crippen molar-refractivity contribution in [3.05, 3.63) is 33.4 Å². The van der Waals surface area contributed by atoms with Gasteiger partial charge in [-0.3, -0.25) is 4.79 Å². The Kier molecular flexibility index (Phi) is 11.2. The molecule has 0 aliphatic heterocycles. The molecule has 0 aliphatic carbocycles. The zero-order valence-corrected chi connectivity index (χ0v) is 14.9. The van der Waals surface area contributed by atoms with Crippen molar-refractivity contribution >= 4 is 40.9 Å². The second kappa shape index (κ2) is 11.3. The lowest BCUT2D eigenvalue weighted by Crippen LogP contribution is -2.28. The molecule has 1 aromatic carbocycles. The fourth-order valence-electron chi connectivity index (χ4n) is 1.79. The van der Waals surface area contributed by atoms with Gasteiger partial charge in [0.15, 0.2) is 0 Å². The van der Waals surface area contributed by atoms with E-state index in [-0.39, 0.29) is 24.4 Å². The maximum Gasteiger partial charge on any atom is 0.219 e. The van der Waals surface area contributed by atoms with Crippen LogP contribution in [0.5, 0.6) is 0 Å². The monoisotopic (exact) mass is 410 g/mol. The van der Waals surface area contributed by atoms with Crippen molar-refractivity contribution in [2.24, 2.45) is 5.73 Å². The highest BCUT2D eigenvalue weighted by Gasteiger charge is 2.02. The minimum atomic E-state index is 0. The number of halogens is 2. The van der Waals surface area contributed by atoms with Crippen LogP contribution in [-0.4, -0.2) is 18.5 Å². The molecule has 1 aromatic rings. The number of hydrogen-bond donors (Lipinski definition) is 2. The summed E-state index contributed by atoms with van der Waals surface area (Å²) in [6.07, 6.45) is 4.50. The topological polar surface area (TPSA) is 55.1 Å². The fourth-order valence-corrected chi connectivity index (χ4v) is 2.15. The second-order valence-electron chi connectivity index (χ2n) is 4.95. The Balaban J connectivity index is 0.00000361. The van der Waals surface area contributed by atoms with Crippen LogP contribution in [-0.2, 0) is 11.2 Å². The average molecular weight is 411 g/mol. The van der Waals surface area contributed by atoms with Gasteiger partial charge in [-0.15, -0.1) is 12.4 Å². The Morgan fingerprint density at radius 1 is 1.30 bits per heavy atom. The molecule has 0 aliphatic rings. The van der Waals surface area contributed by atoms with Gasteiger partial charge in [0, 0.05) is 22.6 Å². The van der Waals surface area contributed by atoms with E-state index >= 15 is 0 Å². The van der Waals surface area contributed by atoms with Crippen LogP contribution in [0.4, 0.5) is 0 Å². The van der Waals surface area contributed by atoms with Crippen molar-refractivity contribution in [1.82, 2.24) is 5.32 Å². The van der Waals surface area contributed by atoms with E-state index < -0.39 is 0 Å². The normalized spacial score (nSPS) is 11.6. The van der Waals surface area contributed by atoms with Gasteiger partial charge in [-0.1, -0.05) is 12.1 Å². The first-order valence-electron chi connectivity index (χ1n) is 6.84. The quantitative estimate of drug-likeness (QED) is 0.510. The van der Waals surface area contributed by atoms with Crippen LogP contribution in [0.3, 0.4) is 0 Å². The van der Waals surface area contributed by atoms with E-state index in [4.69, 9.17) is 5.73 Å². The van der Waals surface area contributed by atoms with E-state index in [2.05, 4.69) is 52.2 Å². The van der Waals surface area contributed by atoms with Crippen LogP contribution in [0.25, 0.3) is 0 Å². The van der Waals surface area contributed by atoms with Gasteiger partial charge in [0.25, 0.3) is 0 Å². The summed E-state index contributed by atoms with van der Waals surface area (Å²) < 4.78 is 1.26. The van der Waals surface area contributed by atoms with E-state index in [0.717, 1.165) is 25.7 Å². The number of nitrogens with two attached hydrogens (primary N) is 1. The molecule has 0 heterocycles. The number of aryl methyl sites for hydroxylation is 1. The maximum absolute atomic E-state index is 11.5. The molecule has 1 unspecified atom stereocenters. The summed E-state index contributed by atoms with van der Waals surface area (Å²) in [6.45, 7) is 2.64. The Bertz CT molecular complexity index is 382. The molecule has 1 rings (SSSR count). The van der Waals surface area contributed by atoms with E-state index in [1.54, 1.807) is 0 Å². The lowest BCUT2D eigenvalue weighted by molar-refractivity contribution is -0.121. The average Bonchev–Trinajstić information content (AvgIpc) is 2.36. The van der Waals surface area contributed by atoms with Gasteiger partial charge in [0.2, 0.25) is 5.91 Å². The number of amides is 1. The zero-order chi connectivity index (χ0) is 14.1. The van der Waals surface area contributed by atoms with Gasteiger partial charge in [-0.25, -0.2) is 0 Å². The lowest BCUT2D eigenvalue weighted by Gasteiger charge is -2.07. The highest BCUT2D eigenvalue weighted by Crippen LogP contribution is 2.10. The fraction of sp³-hybridized carbons (Fsp3) is 0.533. The molecular formula is C15H24ClIN2O. The largest absolute Gasteiger partial charge is 0.356 e. The molecule has 0 radical (unpaired) electrons. The first kappa shape index (κ1) is 19.7. The minimum absolute atomic E-state index is 0. The molecule has 0 fully saturated rings. The predicted octanol–water partition coefficient (Wildman–Crippen LogP) is 3.28. The van der Waals surface area contributed by atoms with Crippen LogP contribution in [0.2, 0.25) is 0 Å². The van der Waals surface area contributed by atoms with Crippen molar-refractivity contribution in [1.29, 1.82) is 0 Å². The first-order valence-corrected chi connectivity index (χ1v) is 7.92. The number of benzene rings is 1. The molecule has 3 N–H and O–H groups in total. The summed E-state index contributed by atoms with van der Waals surface area (Å²) in [6, 6.07) is 8.71. The molecule has 3 nitrogen and oxygen atoms in total. The Morgan fingerprint density at radius 2 is 1.95 bits per heavy atom. The molecule has 20 heavy (non-hydrogen) atoms. The number of hydrogen-bond acceptors (Lipinski definition) is 2. The van der Waals surface area contributed by atoms with E-state index in [1.165, 1.54) is 9.13 Å². The molecule has 0 saturated heterocycles. The SMILES string of the molecule is CC(N)CCNC(=O)CCCCc1ccc(I)cc1.Cl. The second-order valence-corrected chi connectivity index (χ2v) is 6.20. The summed E-state index contributed by atoms with van der Waals surface area (Å²) in [5.41, 5.74) is 6.97. The van der Waals surface area contributed by atoms with Crippen LogP contribution in [0, 0.1) is 3.57 Å². The van der Waals surface area contributed by atoms with E-state index in [0.29, 0.717) is 13.0 Å². The van der Waals surface area contributed by atoms with Crippen LogP contribution >= 0.6 is 35.0 Å². The Labute approximate surface area is 141 Å². The van der Waals surface area contributed by atoms with Crippen LogP contribution < -0.4 is 11.1 Å². The number of rotatable bonds is 8. The van der Waals surface area contributed by atoms with Crippen LogP contribution in [0.15, 0.2) is 24.3 Å². The highest BCUT2D eigenvalue weighted by molar-refractivity contribution is 14.1. The van der Waals surface area contributed by atoms with Crippen molar-refractivity contribution in [3.63, 3.8) is 0 Å². The molecule has 0 spiro atoms. The highest BCUT2D eigenvalue weighted by atomic mass is 127. The van der Waals surface area contributed by atoms with Gasteiger partial charge in [-0.2, -0.15) is 0 Å². The third-order valence-corrected chi connectivity index (χ3v) is 3.67. The molecule has 0 bridgehead atoms. The van der Waals surface area contributed by atoms with Crippen LogP contribution in [0.1, 0.15) is 38.2 Å². The smallest absolute Gasteiger partial charge is 0.219 e. The van der Waals surface area contributed by atoms with E-state index in [9.17, 15) is 4.79 Å². The third-order valence-electron chi connectivity index (χ3n) is 2.95. The third kappa shape index (κ3) is 9.55. The number of unbranched alkanes of at least 4 members (excludes halogenated alkanes) is 1. The summed E-state index contributed by atoms with van der Waals surface area (Å²) in [7, 11) is 0. The van der Waals surface area contributed by atoms with Crippen molar-refractivity contribution < 1.29 is 4.79 Å². The molecule has 1 amide bonds. The lowest BCUT2D eigenvalue weighted by atomic mass is 10.1. The Morgan fingerprint density at radius 3 is 2.55 bits per heavy atom. The molecule has 114 valence electrons. The summed E-state index contributed by atoms with van der Waals surface area (Å²) >= 11 is 2.31. The Hall–Kier alpha value is -0.330. The molecular weight excluding hydrogens is 387 g/mol. The molecule has 0 saturated carbocycles. The van der Waals surface area contributed by atoms with Gasteiger partial charge in [0.1, 0.15) is 0 Å². The van der Waals surface area contributed by atoms with Crippen molar-refractivity contribution in [2.75, 3.05) is 6.54 Å². The molecule has 0 aromatic heterocycles. The van der Waals surface area contributed by atoms with Crippen molar-refractivity contribution in [3.8, 4) is 0 Å². The zero-order valence-electron chi connectivity index (χ0n) is 11.9. The number of nitrogens with one attached hydrogen (secondary N) is 1. The van der Waals surface area contributed by atoms with Gasteiger partial charge in [-0.05, 0) is 72.9 Å². The number of carbonyl (C=O) groups is 1. The predicted molar refractivity (Wildman–Crippen MR) is 95.2 cm³/mol. The van der Waals surface area contributed by atoms with Gasteiger partial charge >= 0.3 is 0 Å². The van der Waals surface area contributed by atoms with Crippen molar-refractivity contribution in [2.45, 2.75) is 45.1 Å². The standard InChI is InChI=1S/C15H23IN2O.ClH/c1-12(17)10-11-18-15(19)5-3-2-4-13-6-8-14(16)9-7-13;/h6-9,12H,2-5,10-11,17H2,1H3,(H,18,19);1H. The summed E-state index contributed by atoms with van der Waals surface area (Å²) in [5.74, 6) is 0.142. The maximum atomic E-state index is 11.5. The summed E-state index contributed by atoms with van der Waals surface area (Å²) in [5, 5.41) is 2.90. The minimum Gasteiger partial charge on any atom is -0.356 e. The number of carbonyl (C=O) groups excluding carboxylic acids is 1. The van der Waals surface area contributed by atoms with Gasteiger partial charge < -0.3 is 11.1 Å². The van der Waals surface area contributed by atoms with E-state index in [1.807, 2.05) is 6.92 Å². The van der Waals surface area contributed by atoms with Gasteiger partial charge in [0.05, 0.1) is 0 Å². The first-order chi connectivity index (χ1) is 9.08. The summed E-state index contributed by atoms with van der Waals surface area (Å²) in [4.78, 5) is 11.5. The molecule has 1 atom stereocenters.